The molecule has 1 aromatic carbocycles. The fourth-order valence-electron chi connectivity index (χ4n) is 1.54. The van der Waals surface area contributed by atoms with E-state index in [-0.39, 0.29) is 0 Å². The zero-order valence-corrected chi connectivity index (χ0v) is 19.0. The number of benzene rings is 1. The maximum absolute atomic E-state index is 10.4. The van der Waals surface area contributed by atoms with Gasteiger partial charge in [-0.3, -0.25) is 0 Å². The Balaban J connectivity index is 0. The molecule has 6 nitrogen and oxygen atoms in total. The fraction of sp³-hybridized carbons (Fsp3) is 0.636. The van der Waals surface area contributed by atoms with Crippen molar-refractivity contribution in [2.45, 2.75) is 81.1 Å². The van der Waals surface area contributed by atoms with Gasteiger partial charge < -0.3 is 9.78 Å². The van der Waals surface area contributed by atoms with Crippen molar-refractivity contribution >= 4 is 11.9 Å². The van der Waals surface area contributed by atoms with Gasteiger partial charge in [-0.1, -0.05) is 52.0 Å². The van der Waals surface area contributed by atoms with Crippen LogP contribution in [0.2, 0.25) is 0 Å². The highest BCUT2D eigenvalue weighted by molar-refractivity contribution is 5.74. The van der Waals surface area contributed by atoms with Gasteiger partial charge in [-0.2, -0.15) is 10.5 Å². The van der Waals surface area contributed by atoms with E-state index in [9.17, 15) is 9.59 Å². The van der Waals surface area contributed by atoms with Crippen molar-refractivity contribution in [3.63, 3.8) is 0 Å². The highest BCUT2D eigenvalue weighted by atomic mass is 17.1. The maximum atomic E-state index is 10.4. The van der Waals surface area contributed by atoms with Crippen LogP contribution in [0.15, 0.2) is 24.3 Å². The zero-order chi connectivity index (χ0) is 22.7. The molecule has 1 rings (SSSR count). The summed E-state index contributed by atoms with van der Waals surface area (Å²) in [5.74, 6) is 0.0624. The van der Waals surface area contributed by atoms with Crippen molar-refractivity contribution in [2.75, 3.05) is 0 Å². The first-order valence-corrected chi connectivity index (χ1v) is 9.39. The molecule has 0 radical (unpaired) electrons. The SMILES string of the molecule is CC(C)(C)C(=O)OO.CC(C)(C)C(=O)OO.CC(C)c1ccc(C(C)C)cc1. The summed E-state index contributed by atoms with van der Waals surface area (Å²) in [4.78, 5) is 27.7. The second-order valence-corrected chi connectivity index (χ2v) is 9.23. The Bertz CT molecular complexity index is 522. The standard InChI is InChI=1S/C12H18.2C5H10O3/c1-9(2)11-5-7-12(8-6-11)10(3)4;2*1-5(2,3)4(6)8-7/h5-10H,1-4H3;2*7H,1-3H3. The van der Waals surface area contributed by atoms with E-state index < -0.39 is 22.8 Å². The Morgan fingerprint density at radius 1 is 0.679 bits per heavy atom. The van der Waals surface area contributed by atoms with Gasteiger partial charge >= 0.3 is 11.9 Å². The number of rotatable bonds is 2. The van der Waals surface area contributed by atoms with Crippen LogP contribution in [0.5, 0.6) is 0 Å². The van der Waals surface area contributed by atoms with Gasteiger partial charge in [0.05, 0.1) is 10.8 Å². The van der Waals surface area contributed by atoms with Crippen LogP contribution in [-0.2, 0) is 19.4 Å². The highest BCUT2D eigenvalue weighted by Crippen LogP contribution is 2.19. The molecule has 0 bridgehead atoms. The van der Waals surface area contributed by atoms with Gasteiger partial charge in [-0.05, 0) is 64.5 Å². The van der Waals surface area contributed by atoms with Crippen LogP contribution in [0.3, 0.4) is 0 Å². The first-order valence-electron chi connectivity index (χ1n) is 9.39. The molecule has 0 aliphatic rings. The lowest BCUT2D eigenvalue weighted by molar-refractivity contribution is -0.243. The van der Waals surface area contributed by atoms with Crippen molar-refractivity contribution in [3.05, 3.63) is 35.4 Å². The largest absolute Gasteiger partial charge is 0.347 e. The molecule has 0 amide bonds. The lowest BCUT2D eigenvalue weighted by atomic mass is 9.97. The number of hydrogen-bond acceptors (Lipinski definition) is 6. The van der Waals surface area contributed by atoms with Crippen LogP contribution < -0.4 is 0 Å². The van der Waals surface area contributed by atoms with Gasteiger partial charge in [0.15, 0.2) is 0 Å². The lowest BCUT2D eigenvalue weighted by Gasteiger charge is -2.11. The molecular weight excluding hydrogens is 360 g/mol. The van der Waals surface area contributed by atoms with Crippen LogP contribution in [0, 0.1) is 10.8 Å². The van der Waals surface area contributed by atoms with Crippen LogP contribution >= 0.6 is 0 Å². The molecule has 28 heavy (non-hydrogen) atoms. The Morgan fingerprint density at radius 3 is 0.964 bits per heavy atom. The molecule has 6 heteroatoms. The van der Waals surface area contributed by atoms with Crippen LogP contribution in [-0.4, -0.2) is 22.5 Å². The minimum absolute atomic E-state index is 0.602. The van der Waals surface area contributed by atoms with E-state index in [0.29, 0.717) is 11.8 Å². The van der Waals surface area contributed by atoms with Gasteiger partial charge in [-0.25, -0.2) is 9.59 Å². The Hall–Kier alpha value is -1.92. The first kappa shape index (κ1) is 28.3. The van der Waals surface area contributed by atoms with Crippen molar-refractivity contribution in [1.29, 1.82) is 0 Å². The van der Waals surface area contributed by atoms with Crippen LogP contribution in [0.1, 0.15) is 92.2 Å². The highest BCUT2D eigenvalue weighted by Gasteiger charge is 2.23. The molecule has 0 fully saturated rings. The van der Waals surface area contributed by atoms with Crippen LogP contribution in [0.25, 0.3) is 0 Å². The van der Waals surface area contributed by atoms with Gasteiger partial charge in [0.25, 0.3) is 0 Å². The Kier molecular flexibility index (Phi) is 12.7. The van der Waals surface area contributed by atoms with Gasteiger partial charge in [0.2, 0.25) is 0 Å². The molecule has 1 aromatic rings. The smallest absolute Gasteiger partial charge is 0.300 e. The van der Waals surface area contributed by atoms with E-state index in [1.54, 1.807) is 41.5 Å². The molecule has 2 N–H and O–H groups in total. The molecule has 0 unspecified atom stereocenters. The monoisotopic (exact) mass is 398 g/mol. The fourth-order valence-corrected chi connectivity index (χ4v) is 1.54. The molecule has 0 spiro atoms. The van der Waals surface area contributed by atoms with E-state index in [2.05, 4.69) is 61.7 Å². The maximum Gasteiger partial charge on any atom is 0.347 e. The average molecular weight is 399 g/mol. The lowest BCUT2D eigenvalue weighted by Crippen LogP contribution is -2.21. The number of carbonyl (C=O) groups excluding carboxylic acids is 2. The topological polar surface area (TPSA) is 93.1 Å². The average Bonchev–Trinajstić information content (AvgIpc) is 2.59. The summed E-state index contributed by atoms with van der Waals surface area (Å²) < 4.78 is 0. The number of hydrogen-bond donors (Lipinski definition) is 2. The summed E-state index contributed by atoms with van der Waals surface area (Å²) in [6.07, 6.45) is 0. The molecule has 0 heterocycles. The molecule has 0 aliphatic carbocycles. The second-order valence-electron chi connectivity index (χ2n) is 9.23. The third kappa shape index (κ3) is 12.5. The van der Waals surface area contributed by atoms with E-state index in [4.69, 9.17) is 10.5 Å². The molecule has 0 atom stereocenters. The molecule has 162 valence electrons. The minimum atomic E-state index is -0.613. The van der Waals surface area contributed by atoms with Crippen molar-refractivity contribution in [2.24, 2.45) is 10.8 Å². The molecule has 0 saturated carbocycles. The summed E-state index contributed by atoms with van der Waals surface area (Å²) in [5, 5.41) is 15.6. The Morgan fingerprint density at radius 2 is 0.893 bits per heavy atom. The third-order valence-electron chi connectivity index (χ3n) is 3.66. The predicted molar refractivity (Wildman–Crippen MR) is 111 cm³/mol. The summed E-state index contributed by atoms with van der Waals surface area (Å²) in [6.45, 7) is 18.9. The molecule has 0 saturated heterocycles. The van der Waals surface area contributed by atoms with Crippen LogP contribution in [0.4, 0.5) is 0 Å². The summed E-state index contributed by atoms with van der Waals surface area (Å²) in [6, 6.07) is 8.94. The van der Waals surface area contributed by atoms with E-state index in [1.165, 1.54) is 11.1 Å². The van der Waals surface area contributed by atoms with E-state index in [1.807, 2.05) is 0 Å². The van der Waals surface area contributed by atoms with Crippen molar-refractivity contribution in [3.8, 4) is 0 Å². The van der Waals surface area contributed by atoms with E-state index in [0.717, 1.165) is 0 Å². The van der Waals surface area contributed by atoms with Crippen molar-refractivity contribution in [1.82, 2.24) is 0 Å². The summed E-state index contributed by atoms with van der Waals surface area (Å²) >= 11 is 0. The molecule has 0 aliphatic heterocycles. The summed E-state index contributed by atoms with van der Waals surface area (Å²) in [5.41, 5.74) is 1.66. The first-order chi connectivity index (χ1) is 12.6. The predicted octanol–water partition coefficient (Wildman–Crippen LogP) is 6.03. The van der Waals surface area contributed by atoms with Gasteiger partial charge in [-0.15, -0.1) is 0 Å². The Labute approximate surface area is 169 Å². The third-order valence-corrected chi connectivity index (χ3v) is 3.66. The van der Waals surface area contributed by atoms with Gasteiger partial charge in [0, 0.05) is 0 Å². The van der Waals surface area contributed by atoms with Crippen molar-refractivity contribution < 1.29 is 29.9 Å². The second kappa shape index (κ2) is 12.5. The quantitative estimate of drug-likeness (QED) is 0.466. The normalized spacial score (nSPS) is 11.1. The molecule has 0 aromatic heterocycles. The summed E-state index contributed by atoms with van der Waals surface area (Å²) in [7, 11) is 0. The van der Waals surface area contributed by atoms with Gasteiger partial charge in [0.1, 0.15) is 0 Å². The number of carbonyl (C=O) groups is 2. The van der Waals surface area contributed by atoms with E-state index >= 15 is 0 Å². The zero-order valence-electron chi connectivity index (χ0n) is 19.0. The molecular formula is C22H38O6. The minimum Gasteiger partial charge on any atom is -0.300 e.